The Labute approximate surface area is 124 Å². The zero-order valence-corrected chi connectivity index (χ0v) is 13.0. The Morgan fingerprint density at radius 3 is 2.40 bits per heavy atom. The van der Waals surface area contributed by atoms with E-state index in [9.17, 15) is 0 Å². The van der Waals surface area contributed by atoms with Crippen molar-refractivity contribution in [2.45, 2.75) is 57.8 Å². The summed E-state index contributed by atoms with van der Waals surface area (Å²) in [5, 5.41) is 0.525. The van der Waals surface area contributed by atoms with Gasteiger partial charge in [-0.1, -0.05) is 11.6 Å². The lowest BCUT2D eigenvalue weighted by Gasteiger charge is -2.32. The summed E-state index contributed by atoms with van der Waals surface area (Å²) in [7, 11) is -0.487. The van der Waals surface area contributed by atoms with Crippen molar-refractivity contribution in [3.63, 3.8) is 0 Å². The number of hydrogen-bond donors (Lipinski definition) is 0. The van der Waals surface area contributed by atoms with Crippen molar-refractivity contribution in [3.8, 4) is 5.75 Å². The highest BCUT2D eigenvalue weighted by Gasteiger charge is 2.52. The van der Waals surface area contributed by atoms with Crippen molar-refractivity contribution in [1.29, 1.82) is 0 Å². The molecule has 6 heteroatoms. The van der Waals surface area contributed by atoms with E-state index in [0.717, 1.165) is 12.8 Å². The normalized spacial score (nSPS) is 23.9. The molecule has 2 aliphatic rings. The van der Waals surface area contributed by atoms with E-state index in [2.05, 4.69) is 4.98 Å². The molecule has 0 aromatic carbocycles. The van der Waals surface area contributed by atoms with Crippen molar-refractivity contribution < 1.29 is 14.0 Å². The van der Waals surface area contributed by atoms with E-state index in [1.807, 2.05) is 33.8 Å². The third kappa shape index (κ3) is 2.54. The molecule has 1 aromatic rings. The number of hydrogen-bond acceptors (Lipinski definition) is 4. The van der Waals surface area contributed by atoms with Crippen molar-refractivity contribution >= 4 is 24.3 Å². The molecule has 4 nitrogen and oxygen atoms in total. The maximum atomic E-state index is 6.12. The van der Waals surface area contributed by atoms with Crippen molar-refractivity contribution in [1.82, 2.24) is 4.98 Å². The monoisotopic (exact) mass is 295 g/mol. The number of ether oxygens (including phenoxy) is 1. The van der Waals surface area contributed by atoms with Crippen LogP contribution < -0.4 is 10.3 Å². The first-order valence-electron chi connectivity index (χ1n) is 6.96. The van der Waals surface area contributed by atoms with Crippen LogP contribution in [0, 0.1) is 0 Å². The molecule has 0 unspecified atom stereocenters. The second kappa shape index (κ2) is 4.62. The number of halogens is 1. The molecule has 2 heterocycles. The van der Waals surface area contributed by atoms with Crippen LogP contribution in [0.15, 0.2) is 12.3 Å². The SMILES string of the molecule is CC1(C)OB(c2cc(OC3CC3)c(Cl)cn2)OC1(C)C. The third-order valence-corrected chi connectivity index (χ3v) is 4.44. The Bertz CT molecular complexity index is 515. The largest absolute Gasteiger partial charge is 0.514 e. The highest BCUT2D eigenvalue weighted by atomic mass is 35.5. The van der Waals surface area contributed by atoms with Gasteiger partial charge in [-0.3, -0.25) is 4.98 Å². The lowest BCUT2D eigenvalue weighted by Crippen LogP contribution is -2.41. The van der Waals surface area contributed by atoms with Gasteiger partial charge < -0.3 is 14.0 Å². The molecule has 2 fully saturated rings. The van der Waals surface area contributed by atoms with Gasteiger partial charge in [-0.15, -0.1) is 0 Å². The summed E-state index contributed by atoms with van der Waals surface area (Å²) in [5.41, 5.74) is -0.0591. The summed E-state index contributed by atoms with van der Waals surface area (Å²) in [6.45, 7) is 8.07. The van der Waals surface area contributed by atoms with Crippen molar-refractivity contribution in [3.05, 3.63) is 17.3 Å². The number of aromatic nitrogens is 1. The summed E-state index contributed by atoms with van der Waals surface area (Å²) in [5.74, 6) is 0.661. The van der Waals surface area contributed by atoms with Gasteiger partial charge >= 0.3 is 7.12 Å². The summed E-state index contributed by atoms with van der Waals surface area (Å²) in [6.07, 6.45) is 4.07. The smallest absolute Gasteiger partial charge is 0.489 e. The molecule has 1 aromatic heterocycles. The van der Waals surface area contributed by atoms with E-state index in [4.69, 9.17) is 25.6 Å². The first-order chi connectivity index (χ1) is 9.28. The second-order valence-corrected chi connectivity index (χ2v) is 6.85. The van der Waals surface area contributed by atoms with Gasteiger partial charge in [0.25, 0.3) is 0 Å². The predicted octanol–water partition coefficient (Wildman–Crippen LogP) is 2.58. The highest BCUT2D eigenvalue weighted by molar-refractivity contribution is 6.61. The molecule has 1 aliphatic carbocycles. The molecule has 0 bridgehead atoms. The summed E-state index contributed by atoms with van der Waals surface area (Å²) in [6, 6.07) is 1.82. The maximum Gasteiger partial charge on any atom is 0.514 e. The first kappa shape index (κ1) is 14.2. The van der Waals surface area contributed by atoms with E-state index in [1.165, 1.54) is 0 Å². The molecule has 1 saturated heterocycles. The topological polar surface area (TPSA) is 40.6 Å². The van der Waals surface area contributed by atoms with Crippen LogP contribution >= 0.6 is 11.6 Å². The van der Waals surface area contributed by atoms with Gasteiger partial charge in [0.15, 0.2) is 0 Å². The molecule has 108 valence electrons. The van der Waals surface area contributed by atoms with Crippen molar-refractivity contribution in [2.75, 3.05) is 0 Å². The first-order valence-corrected chi connectivity index (χ1v) is 7.34. The molecule has 0 N–H and O–H groups in total. The Hall–Kier alpha value is -0.775. The lowest BCUT2D eigenvalue weighted by molar-refractivity contribution is 0.00578. The van der Waals surface area contributed by atoms with E-state index < -0.39 is 7.12 Å². The molecule has 0 radical (unpaired) electrons. The summed E-state index contributed by atoms with van der Waals surface area (Å²) >= 11 is 6.12. The molecular weight excluding hydrogens is 276 g/mol. The molecule has 3 rings (SSSR count). The van der Waals surface area contributed by atoms with Crippen LogP contribution in [0.2, 0.25) is 5.02 Å². The standard InChI is InChI=1S/C14H19BClNO3/c1-13(2)14(3,4)20-15(19-13)12-7-11(10(16)8-17-12)18-9-5-6-9/h7-9H,5-6H2,1-4H3. The molecule has 0 spiro atoms. The Kier molecular flexibility index (Phi) is 3.27. The van der Waals surface area contributed by atoms with Gasteiger partial charge in [0, 0.05) is 6.20 Å². The van der Waals surface area contributed by atoms with Crippen LogP contribution in [0.5, 0.6) is 5.75 Å². The molecule has 0 amide bonds. The van der Waals surface area contributed by atoms with E-state index in [0.29, 0.717) is 22.5 Å². The lowest BCUT2D eigenvalue weighted by atomic mass is 9.84. The molecule has 0 atom stereocenters. The molecular formula is C14H19BClNO3. The fraction of sp³-hybridized carbons (Fsp3) is 0.643. The number of rotatable bonds is 3. The van der Waals surface area contributed by atoms with Gasteiger partial charge in [-0.2, -0.15) is 0 Å². The van der Waals surface area contributed by atoms with Crippen LogP contribution in [0.3, 0.4) is 0 Å². The highest BCUT2D eigenvalue weighted by Crippen LogP contribution is 2.37. The average molecular weight is 296 g/mol. The van der Waals surface area contributed by atoms with Crippen molar-refractivity contribution in [2.24, 2.45) is 0 Å². The Balaban J connectivity index is 1.84. The minimum absolute atomic E-state index is 0.293. The average Bonchev–Trinajstić information content (AvgIpc) is 3.10. The van der Waals surface area contributed by atoms with Crippen LogP contribution in [0.1, 0.15) is 40.5 Å². The van der Waals surface area contributed by atoms with Gasteiger partial charge in [0.2, 0.25) is 0 Å². The molecule has 1 aliphatic heterocycles. The van der Waals surface area contributed by atoms with Gasteiger partial charge in [0.1, 0.15) is 10.8 Å². The molecule has 20 heavy (non-hydrogen) atoms. The number of nitrogens with zero attached hydrogens (tertiary/aromatic N) is 1. The molecule has 1 saturated carbocycles. The van der Waals surface area contributed by atoms with Crippen LogP contribution in [0.4, 0.5) is 0 Å². The maximum absolute atomic E-state index is 6.12. The second-order valence-electron chi connectivity index (χ2n) is 6.45. The zero-order chi connectivity index (χ0) is 14.5. The van der Waals surface area contributed by atoms with Crippen LogP contribution in [-0.4, -0.2) is 29.4 Å². The Morgan fingerprint density at radius 2 is 1.85 bits per heavy atom. The Morgan fingerprint density at radius 1 is 1.25 bits per heavy atom. The van der Waals surface area contributed by atoms with Crippen LogP contribution in [-0.2, 0) is 9.31 Å². The third-order valence-electron chi connectivity index (χ3n) is 4.15. The minimum atomic E-state index is -0.487. The predicted molar refractivity (Wildman–Crippen MR) is 78.6 cm³/mol. The summed E-state index contributed by atoms with van der Waals surface area (Å²) in [4.78, 5) is 4.32. The van der Waals surface area contributed by atoms with E-state index in [-0.39, 0.29) is 11.2 Å². The van der Waals surface area contributed by atoms with Gasteiger partial charge in [0.05, 0.1) is 22.9 Å². The van der Waals surface area contributed by atoms with E-state index >= 15 is 0 Å². The summed E-state index contributed by atoms with van der Waals surface area (Å²) < 4.78 is 17.7. The minimum Gasteiger partial charge on any atom is -0.489 e. The van der Waals surface area contributed by atoms with E-state index in [1.54, 1.807) is 6.20 Å². The zero-order valence-electron chi connectivity index (χ0n) is 12.3. The fourth-order valence-corrected chi connectivity index (χ4v) is 2.13. The number of pyridine rings is 1. The van der Waals surface area contributed by atoms with Crippen LogP contribution in [0.25, 0.3) is 0 Å². The van der Waals surface area contributed by atoms with Gasteiger partial charge in [-0.05, 0) is 46.6 Å². The fourth-order valence-electron chi connectivity index (χ4n) is 1.98. The van der Waals surface area contributed by atoms with Gasteiger partial charge in [-0.25, -0.2) is 0 Å². The quantitative estimate of drug-likeness (QED) is 0.804.